The quantitative estimate of drug-likeness (QED) is 0.295. The SMILES string of the molecule is COCCCN1C(=O)C(O)=C(C(=O)c2cc3cc(Cl)cc(OC)c3o2)C1c1ccc(C(C)C)cc1. The molecule has 35 heavy (non-hydrogen) atoms. The number of fused-ring (bicyclic) bond motifs is 1. The number of nitrogens with zero attached hydrogens (tertiary/aromatic N) is 1. The van der Waals surface area contributed by atoms with E-state index in [1.54, 1.807) is 25.3 Å². The number of benzene rings is 2. The summed E-state index contributed by atoms with van der Waals surface area (Å²) in [5.41, 5.74) is 2.20. The van der Waals surface area contributed by atoms with E-state index in [4.69, 9.17) is 25.5 Å². The van der Waals surface area contributed by atoms with E-state index in [0.29, 0.717) is 47.2 Å². The largest absolute Gasteiger partial charge is 0.503 e. The number of rotatable bonds is 9. The zero-order valence-electron chi connectivity index (χ0n) is 20.1. The molecule has 0 bridgehead atoms. The van der Waals surface area contributed by atoms with E-state index in [2.05, 4.69) is 13.8 Å². The molecule has 2 aromatic carbocycles. The molecule has 7 nitrogen and oxygen atoms in total. The van der Waals surface area contributed by atoms with Crippen LogP contribution in [0.4, 0.5) is 0 Å². The Hall–Kier alpha value is -3.29. The van der Waals surface area contributed by atoms with Crippen LogP contribution in [0.15, 0.2) is 58.2 Å². The molecule has 1 aromatic heterocycles. The van der Waals surface area contributed by atoms with Crippen LogP contribution in [0, 0.1) is 0 Å². The molecule has 0 saturated heterocycles. The molecule has 1 N–H and O–H groups in total. The fourth-order valence-corrected chi connectivity index (χ4v) is 4.60. The van der Waals surface area contributed by atoms with Gasteiger partial charge in [-0.1, -0.05) is 49.7 Å². The Balaban J connectivity index is 1.78. The second-order valence-electron chi connectivity index (χ2n) is 8.80. The summed E-state index contributed by atoms with van der Waals surface area (Å²) in [5.74, 6) is -1.05. The summed E-state index contributed by atoms with van der Waals surface area (Å²) in [6.07, 6.45) is 0.553. The molecular weight excluding hydrogens is 470 g/mol. The summed E-state index contributed by atoms with van der Waals surface area (Å²) in [5, 5.41) is 11.9. The van der Waals surface area contributed by atoms with Crippen LogP contribution >= 0.6 is 11.6 Å². The van der Waals surface area contributed by atoms with Crippen LogP contribution in [0.25, 0.3) is 11.0 Å². The van der Waals surface area contributed by atoms with Crippen molar-refractivity contribution < 1.29 is 28.6 Å². The highest BCUT2D eigenvalue weighted by atomic mass is 35.5. The van der Waals surface area contributed by atoms with Crippen LogP contribution in [0.3, 0.4) is 0 Å². The van der Waals surface area contributed by atoms with E-state index in [1.807, 2.05) is 24.3 Å². The molecule has 3 aromatic rings. The number of methoxy groups -OCH3 is 2. The minimum absolute atomic E-state index is 0.0162. The number of hydrogen-bond donors (Lipinski definition) is 1. The van der Waals surface area contributed by atoms with Gasteiger partial charge in [-0.2, -0.15) is 0 Å². The van der Waals surface area contributed by atoms with E-state index >= 15 is 0 Å². The number of furan rings is 1. The smallest absolute Gasteiger partial charge is 0.290 e. The van der Waals surface area contributed by atoms with E-state index < -0.39 is 23.5 Å². The highest BCUT2D eigenvalue weighted by Crippen LogP contribution is 2.41. The second-order valence-corrected chi connectivity index (χ2v) is 9.23. The van der Waals surface area contributed by atoms with Gasteiger partial charge < -0.3 is 23.9 Å². The standard InChI is InChI=1S/C27H28ClNO6/c1-15(2)16-6-8-17(9-7-16)23-22(25(31)27(32)29(23)10-5-11-33-3)24(30)20-13-18-12-19(28)14-21(34-4)26(18)35-20/h6-9,12-15,23,31H,5,10-11H2,1-4H3. The van der Waals surface area contributed by atoms with Crippen molar-refractivity contribution in [2.45, 2.75) is 32.2 Å². The third-order valence-electron chi connectivity index (χ3n) is 6.21. The first-order chi connectivity index (χ1) is 16.8. The van der Waals surface area contributed by atoms with Crippen LogP contribution in [-0.2, 0) is 9.53 Å². The lowest BCUT2D eigenvalue weighted by Crippen LogP contribution is -2.32. The topological polar surface area (TPSA) is 89.2 Å². The Bertz CT molecular complexity index is 1290. The Labute approximate surface area is 208 Å². The number of carbonyl (C=O) groups is 2. The van der Waals surface area contributed by atoms with E-state index in [1.165, 1.54) is 12.0 Å². The van der Waals surface area contributed by atoms with E-state index in [0.717, 1.165) is 11.1 Å². The van der Waals surface area contributed by atoms with Gasteiger partial charge in [-0.25, -0.2) is 0 Å². The van der Waals surface area contributed by atoms with E-state index in [-0.39, 0.29) is 11.3 Å². The van der Waals surface area contributed by atoms with Crippen molar-refractivity contribution in [2.75, 3.05) is 27.4 Å². The average Bonchev–Trinajstić information content (AvgIpc) is 3.38. The molecule has 184 valence electrons. The normalized spacial score (nSPS) is 16.1. The molecule has 0 aliphatic carbocycles. The lowest BCUT2D eigenvalue weighted by Gasteiger charge is -2.27. The fourth-order valence-electron chi connectivity index (χ4n) is 4.39. The van der Waals surface area contributed by atoms with Gasteiger partial charge in [0.05, 0.1) is 18.7 Å². The van der Waals surface area contributed by atoms with Gasteiger partial charge in [-0.3, -0.25) is 9.59 Å². The van der Waals surface area contributed by atoms with Crippen molar-refractivity contribution in [1.29, 1.82) is 0 Å². The highest BCUT2D eigenvalue weighted by molar-refractivity contribution is 6.31. The number of hydrogen-bond acceptors (Lipinski definition) is 6. The molecule has 0 spiro atoms. The zero-order chi connectivity index (χ0) is 25.3. The predicted molar refractivity (Wildman–Crippen MR) is 133 cm³/mol. The van der Waals surface area contributed by atoms with Gasteiger partial charge in [0.1, 0.15) is 0 Å². The maximum absolute atomic E-state index is 13.7. The summed E-state index contributed by atoms with van der Waals surface area (Å²) in [4.78, 5) is 28.3. The number of aliphatic hydroxyl groups is 1. The van der Waals surface area contributed by atoms with Crippen LogP contribution in [0.2, 0.25) is 5.02 Å². The van der Waals surface area contributed by atoms with Gasteiger partial charge in [0.15, 0.2) is 22.9 Å². The van der Waals surface area contributed by atoms with Crippen molar-refractivity contribution in [1.82, 2.24) is 4.90 Å². The molecule has 0 radical (unpaired) electrons. The Kier molecular flexibility index (Phi) is 7.19. The van der Waals surface area contributed by atoms with Gasteiger partial charge >= 0.3 is 0 Å². The van der Waals surface area contributed by atoms with Crippen molar-refractivity contribution in [2.24, 2.45) is 0 Å². The first-order valence-corrected chi connectivity index (χ1v) is 11.8. The Morgan fingerprint density at radius 1 is 1.17 bits per heavy atom. The van der Waals surface area contributed by atoms with Crippen LogP contribution in [-0.4, -0.2) is 49.1 Å². The van der Waals surface area contributed by atoms with Crippen molar-refractivity contribution in [3.63, 3.8) is 0 Å². The van der Waals surface area contributed by atoms with Gasteiger partial charge in [-0.05, 0) is 35.6 Å². The minimum atomic E-state index is -0.758. The molecule has 4 rings (SSSR count). The summed E-state index contributed by atoms with van der Waals surface area (Å²) in [6, 6.07) is 11.8. The number of carbonyl (C=O) groups excluding carboxylic acids is 2. The number of Topliss-reactive ketones (excluding diaryl/α,β-unsaturated/α-hetero) is 1. The number of halogens is 1. The second kappa shape index (κ2) is 10.1. The molecule has 0 saturated carbocycles. The number of amides is 1. The number of aliphatic hydroxyl groups excluding tert-OH is 1. The molecule has 2 heterocycles. The summed E-state index contributed by atoms with van der Waals surface area (Å²) < 4.78 is 16.3. The van der Waals surface area contributed by atoms with Crippen molar-refractivity contribution in [3.8, 4) is 5.75 Å². The molecule has 1 unspecified atom stereocenters. The van der Waals surface area contributed by atoms with Crippen molar-refractivity contribution >= 4 is 34.3 Å². The number of ether oxygens (including phenoxy) is 2. The molecule has 0 fully saturated rings. The summed E-state index contributed by atoms with van der Waals surface area (Å²) >= 11 is 6.16. The fraction of sp³-hybridized carbons (Fsp3) is 0.333. The maximum Gasteiger partial charge on any atom is 0.290 e. The highest BCUT2D eigenvalue weighted by Gasteiger charge is 2.44. The van der Waals surface area contributed by atoms with Crippen LogP contribution in [0.1, 0.15) is 53.9 Å². The number of ketones is 1. The zero-order valence-corrected chi connectivity index (χ0v) is 20.9. The van der Waals surface area contributed by atoms with Crippen LogP contribution < -0.4 is 4.74 Å². The monoisotopic (exact) mass is 497 g/mol. The molecule has 1 atom stereocenters. The Morgan fingerprint density at radius 2 is 1.89 bits per heavy atom. The summed E-state index contributed by atoms with van der Waals surface area (Å²) in [6.45, 7) is 4.94. The third-order valence-corrected chi connectivity index (χ3v) is 6.42. The third kappa shape index (κ3) is 4.66. The minimum Gasteiger partial charge on any atom is -0.503 e. The van der Waals surface area contributed by atoms with Crippen molar-refractivity contribution in [3.05, 3.63) is 75.7 Å². The van der Waals surface area contributed by atoms with Crippen LogP contribution in [0.5, 0.6) is 5.75 Å². The van der Waals surface area contributed by atoms with Gasteiger partial charge in [0, 0.05) is 36.7 Å². The first kappa shape index (κ1) is 24.8. The average molecular weight is 498 g/mol. The Morgan fingerprint density at radius 3 is 2.51 bits per heavy atom. The molecule has 1 aliphatic rings. The summed E-state index contributed by atoms with van der Waals surface area (Å²) in [7, 11) is 3.06. The molecule has 1 amide bonds. The maximum atomic E-state index is 13.7. The first-order valence-electron chi connectivity index (χ1n) is 11.4. The van der Waals surface area contributed by atoms with Gasteiger partial charge in [0.25, 0.3) is 5.91 Å². The molecular formula is C27H28ClNO6. The molecule has 8 heteroatoms. The van der Waals surface area contributed by atoms with E-state index in [9.17, 15) is 14.7 Å². The predicted octanol–water partition coefficient (Wildman–Crippen LogP) is 5.83. The van der Waals surface area contributed by atoms with Gasteiger partial charge in [0.2, 0.25) is 5.78 Å². The lowest BCUT2D eigenvalue weighted by atomic mass is 9.93. The molecule has 1 aliphatic heterocycles. The van der Waals surface area contributed by atoms with Gasteiger partial charge in [-0.15, -0.1) is 0 Å². The lowest BCUT2D eigenvalue weighted by molar-refractivity contribution is -0.129.